The van der Waals surface area contributed by atoms with E-state index in [0.717, 1.165) is 11.1 Å². The SMILES string of the molecule is CO/N=C/c1ccc(CC(=O)c2cc(NC(=O)C3C(c4cc(Cl)cc(Cl)c4)C3(Cl)Cl)ccc2Cl)cc1. The average Bonchev–Trinajstić information content (AvgIpc) is 3.41. The first kappa shape index (κ1) is 26.8. The Kier molecular flexibility index (Phi) is 8.18. The summed E-state index contributed by atoms with van der Waals surface area (Å²) in [4.78, 5) is 30.7. The van der Waals surface area contributed by atoms with Gasteiger partial charge in [0.25, 0.3) is 0 Å². The number of hydrogen-bond donors (Lipinski definition) is 1. The summed E-state index contributed by atoms with van der Waals surface area (Å²) < 4.78 is -1.32. The van der Waals surface area contributed by atoms with Crippen molar-refractivity contribution < 1.29 is 14.4 Å². The lowest BCUT2D eigenvalue weighted by atomic mass is 10.0. The van der Waals surface area contributed by atoms with Crippen molar-refractivity contribution >= 4 is 81.6 Å². The lowest BCUT2D eigenvalue weighted by molar-refractivity contribution is -0.117. The molecule has 186 valence electrons. The summed E-state index contributed by atoms with van der Waals surface area (Å²) in [6.07, 6.45) is 1.70. The number of anilines is 1. The second-order valence-electron chi connectivity index (χ2n) is 8.28. The first-order valence-electron chi connectivity index (χ1n) is 10.7. The van der Waals surface area contributed by atoms with Gasteiger partial charge < -0.3 is 10.2 Å². The first-order chi connectivity index (χ1) is 17.1. The van der Waals surface area contributed by atoms with Crippen LogP contribution in [0.15, 0.2) is 65.8 Å². The average molecular weight is 585 g/mol. The highest BCUT2D eigenvalue weighted by atomic mass is 35.5. The van der Waals surface area contributed by atoms with Gasteiger partial charge in [0.15, 0.2) is 5.78 Å². The van der Waals surface area contributed by atoms with Gasteiger partial charge in [-0.3, -0.25) is 9.59 Å². The molecule has 1 amide bonds. The van der Waals surface area contributed by atoms with E-state index in [4.69, 9.17) is 58.0 Å². The highest BCUT2D eigenvalue weighted by Crippen LogP contribution is 2.65. The van der Waals surface area contributed by atoms with Gasteiger partial charge in [-0.2, -0.15) is 0 Å². The molecule has 1 fully saturated rings. The lowest BCUT2D eigenvalue weighted by Crippen LogP contribution is -2.17. The van der Waals surface area contributed by atoms with Gasteiger partial charge in [0.1, 0.15) is 11.4 Å². The second-order valence-corrected chi connectivity index (χ2v) is 11.0. The molecule has 2 atom stereocenters. The molecule has 10 heteroatoms. The van der Waals surface area contributed by atoms with Crippen molar-refractivity contribution in [1.82, 2.24) is 0 Å². The molecule has 0 heterocycles. The molecule has 0 bridgehead atoms. The molecule has 0 saturated heterocycles. The number of rotatable bonds is 8. The van der Waals surface area contributed by atoms with Crippen LogP contribution in [0.1, 0.15) is 33.0 Å². The smallest absolute Gasteiger partial charge is 0.231 e. The number of carbonyl (C=O) groups excluding carboxylic acids is 2. The van der Waals surface area contributed by atoms with E-state index < -0.39 is 22.1 Å². The van der Waals surface area contributed by atoms with Gasteiger partial charge in [-0.15, -0.1) is 23.2 Å². The maximum Gasteiger partial charge on any atom is 0.231 e. The van der Waals surface area contributed by atoms with Crippen molar-refractivity contribution in [2.75, 3.05) is 12.4 Å². The van der Waals surface area contributed by atoms with Crippen LogP contribution in [0.5, 0.6) is 0 Å². The Morgan fingerprint density at radius 3 is 2.31 bits per heavy atom. The summed E-state index contributed by atoms with van der Waals surface area (Å²) in [6.45, 7) is 0. The van der Waals surface area contributed by atoms with Gasteiger partial charge >= 0.3 is 0 Å². The van der Waals surface area contributed by atoms with E-state index in [1.807, 2.05) is 24.3 Å². The molecule has 3 aromatic rings. The van der Waals surface area contributed by atoms with Crippen molar-refractivity contribution in [3.05, 3.63) is 98.0 Å². The predicted molar refractivity (Wildman–Crippen MR) is 146 cm³/mol. The van der Waals surface area contributed by atoms with Crippen LogP contribution in [0.25, 0.3) is 0 Å². The van der Waals surface area contributed by atoms with E-state index in [1.54, 1.807) is 42.6 Å². The molecular formula is C26H19Cl5N2O3. The third-order valence-corrected chi connectivity index (χ3v) is 7.47. The van der Waals surface area contributed by atoms with Gasteiger partial charge in [-0.1, -0.05) is 64.2 Å². The fraction of sp³-hybridized carbons (Fsp3) is 0.192. The number of halogens is 5. The van der Waals surface area contributed by atoms with Crippen LogP contribution in [0, 0.1) is 5.92 Å². The van der Waals surface area contributed by atoms with E-state index >= 15 is 0 Å². The monoisotopic (exact) mass is 582 g/mol. The fourth-order valence-electron chi connectivity index (χ4n) is 3.97. The summed E-state index contributed by atoms with van der Waals surface area (Å²) in [7, 11) is 1.46. The number of nitrogens with zero attached hydrogens (tertiary/aromatic N) is 1. The van der Waals surface area contributed by atoms with Crippen molar-refractivity contribution in [2.45, 2.75) is 16.7 Å². The molecule has 0 aromatic heterocycles. The number of hydrogen-bond acceptors (Lipinski definition) is 4. The molecule has 3 aromatic carbocycles. The van der Waals surface area contributed by atoms with Crippen LogP contribution >= 0.6 is 58.0 Å². The van der Waals surface area contributed by atoms with Crippen LogP contribution in [0.4, 0.5) is 5.69 Å². The van der Waals surface area contributed by atoms with Gasteiger partial charge in [-0.05, 0) is 53.1 Å². The highest BCUT2D eigenvalue weighted by molar-refractivity contribution is 6.53. The number of oxime groups is 1. The summed E-state index contributed by atoms with van der Waals surface area (Å²) in [5.41, 5.74) is 3.00. The molecular weight excluding hydrogens is 566 g/mol. The quantitative estimate of drug-likeness (QED) is 0.128. The van der Waals surface area contributed by atoms with Crippen molar-refractivity contribution in [1.29, 1.82) is 0 Å². The highest BCUT2D eigenvalue weighted by Gasteiger charge is 2.67. The van der Waals surface area contributed by atoms with E-state index in [9.17, 15) is 9.59 Å². The van der Waals surface area contributed by atoms with Crippen LogP contribution in [-0.4, -0.2) is 29.3 Å². The number of ketones is 1. The van der Waals surface area contributed by atoms with E-state index in [1.165, 1.54) is 7.11 Å². The molecule has 0 aliphatic heterocycles. The van der Waals surface area contributed by atoms with Crippen molar-refractivity contribution in [3.8, 4) is 0 Å². The van der Waals surface area contributed by atoms with Crippen molar-refractivity contribution in [3.63, 3.8) is 0 Å². The maximum atomic E-state index is 13.0. The van der Waals surface area contributed by atoms with E-state index in [-0.39, 0.29) is 22.8 Å². The summed E-state index contributed by atoms with van der Waals surface area (Å²) in [6, 6.07) is 17.0. The Bertz CT molecular complexity index is 1320. The van der Waals surface area contributed by atoms with Crippen LogP contribution in [0.2, 0.25) is 15.1 Å². The molecule has 5 nitrogen and oxygen atoms in total. The minimum Gasteiger partial charge on any atom is -0.399 e. The third kappa shape index (κ3) is 5.99. The second kappa shape index (κ2) is 11.0. The van der Waals surface area contributed by atoms with E-state index in [2.05, 4.69) is 15.3 Å². The summed E-state index contributed by atoms with van der Waals surface area (Å²) in [5, 5.41) is 7.63. The Labute approximate surface area is 233 Å². The zero-order chi connectivity index (χ0) is 26.0. The zero-order valence-corrected chi connectivity index (χ0v) is 22.6. The van der Waals surface area contributed by atoms with Gasteiger partial charge in [0.2, 0.25) is 5.91 Å². The number of carbonyl (C=O) groups is 2. The molecule has 0 spiro atoms. The molecule has 1 aliphatic rings. The topological polar surface area (TPSA) is 67.8 Å². The van der Waals surface area contributed by atoms with Gasteiger partial charge in [0, 0.05) is 33.6 Å². The Balaban J connectivity index is 1.47. The minimum absolute atomic E-state index is 0.130. The summed E-state index contributed by atoms with van der Waals surface area (Å²) >= 11 is 31.4. The van der Waals surface area contributed by atoms with Crippen LogP contribution < -0.4 is 5.32 Å². The number of Topliss-reactive ketones (excluding diaryl/α,β-unsaturated/α-hetero) is 1. The number of amides is 1. The Morgan fingerprint density at radius 2 is 1.67 bits per heavy atom. The molecule has 1 saturated carbocycles. The van der Waals surface area contributed by atoms with E-state index in [0.29, 0.717) is 21.3 Å². The third-order valence-electron chi connectivity index (χ3n) is 5.77. The molecule has 36 heavy (non-hydrogen) atoms. The molecule has 2 unspecified atom stereocenters. The first-order valence-corrected chi connectivity index (χ1v) is 12.6. The molecule has 1 aliphatic carbocycles. The molecule has 4 rings (SSSR count). The summed E-state index contributed by atoms with van der Waals surface area (Å²) in [5.74, 6) is -1.81. The standard InChI is InChI=1S/C26H19Cl5N2O3/c1-36-32-13-15-4-2-14(3-5-15)8-22(34)20-12-19(6-7-21(20)29)33-25(35)24-23(26(24,30)31)16-9-17(27)11-18(28)10-16/h2-7,9-13,23-24H,8H2,1H3,(H,33,35)/b32-13+. The van der Waals surface area contributed by atoms with Crippen LogP contribution in [0.3, 0.4) is 0 Å². The largest absolute Gasteiger partial charge is 0.399 e. The maximum absolute atomic E-state index is 13.0. The number of nitrogens with one attached hydrogen (secondary N) is 1. The fourth-order valence-corrected chi connectivity index (χ4v) is 5.57. The Morgan fingerprint density at radius 1 is 1.00 bits per heavy atom. The lowest BCUT2D eigenvalue weighted by Gasteiger charge is -2.09. The van der Waals surface area contributed by atoms with Crippen LogP contribution in [-0.2, 0) is 16.1 Å². The number of benzene rings is 3. The van der Waals surface area contributed by atoms with Gasteiger partial charge in [0.05, 0.1) is 17.2 Å². The zero-order valence-electron chi connectivity index (χ0n) is 18.8. The Hall–Kier alpha value is -2.28. The molecule has 0 radical (unpaired) electrons. The minimum atomic E-state index is -1.32. The normalized spacial score (nSPS) is 18.2. The number of alkyl halides is 2. The van der Waals surface area contributed by atoms with Crippen molar-refractivity contribution in [2.24, 2.45) is 11.1 Å². The molecule has 1 N–H and O–H groups in total. The van der Waals surface area contributed by atoms with Gasteiger partial charge in [-0.25, -0.2) is 0 Å². The predicted octanol–water partition coefficient (Wildman–Crippen LogP) is 7.58.